The number of hydrogen-bond donors (Lipinski definition) is 0. The van der Waals surface area contributed by atoms with Crippen LogP contribution in [0.1, 0.15) is 22.3 Å². The van der Waals surface area contributed by atoms with Crippen molar-refractivity contribution >= 4 is 5.91 Å². The van der Waals surface area contributed by atoms with Gasteiger partial charge in [0.15, 0.2) is 0 Å². The van der Waals surface area contributed by atoms with Crippen LogP contribution in [0, 0.1) is 0 Å². The molecule has 0 saturated carbocycles. The van der Waals surface area contributed by atoms with Crippen molar-refractivity contribution in [2.24, 2.45) is 0 Å². The van der Waals surface area contributed by atoms with E-state index in [2.05, 4.69) is 39.0 Å². The van der Waals surface area contributed by atoms with Crippen LogP contribution in [0.15, 0.2) is 54.9 Å². The Hall–Kier alpha value is -2.24. The van der Waals surface area contributed by atoms with Gasteiger partial charge >= 0.3 is 0 Å². The lowest BCUT2D eigenvalue weighted by Gasteiger charge is -2.37. The van der Waals surface area contributed by atoms with Crippen LogP contribution in [0.25, 0.3) is 0 Å². The molecule has 1 aromatic carbocycles. The number of ether oxygens (including phenoxy) is 1. The minimum Gasteiger partial charge on any atom is -0.379 e. The van der Waals surface area contributed by atoms with E-state index < -0.39 is 0 Å². The van der Waals surface area contributed by atoms with E-state index >= 15 is 0 Å². The second kappa shape index (κ2) is 7.98. The highest BCUT2D eigenvalue weighted by Gasteiger charge is 2.40. The molecule has 2 aliphatic heterocycles. The van der Waals surface area contributed by atoms with Gasteiger partial charge in [-0.2, -0.15) is 0 Å². The van der Waals surface area contributed by atoms with Gasteiger partial charge in [0.05, 0.1) is 19.3 Å². The molecule has 26 heavy (non-hydrogen) atoms. The summed E-state index contributed by atoms with van der Waals surface area (Å²) in [5.41, 5.74) is 2.01. The van der Waals surface area contributed by atoms with Gasteiger partial charge in [0.25, 0.3) is 5.91 Å². The number of amides is 1. The molecule has 0 spiro atoms. The van der Waals surface area contributed by atoms with Crippen LogP contribution in [0.4, 0.5) is 0 Å². The van der Waals surface area contributed by atoms with Crippen molar-refractivity contribution in [1.82, 2.24) is 14.8 Å². The maximum absolute atomic E-state index is 13.1. The number of pyridine rings is 1. The number of morpholine rings is 1. The third-order valence-corrected chi connectivity index (χ3v) is 5.50. The van der Waals surface area contributed by atoms with E-state index in [1.54, 1.807) is 12.4 Å². The third-order valence-electron chi connectivity index (χ3n) is 5.50. The molecule has 2 atom stereocenters. The van der Waals surface area contributed by atoms with Crippen LogP contribution in [0.3, 0.4) is 0 Å². The first-order valence-corrected chi connectivity index (χ1v) is 9.39. The molecule has 1 amide bonds. The fraction of sp³-hybridized carbons (Fsp3) is 0.429. The van der Waals surface area contributed by atoms with Crippen LogP contribution < -0.4 is 0 Å². The Kier molecular flexibility index (Phi) is 5.27. The van der Waals surface area contributed by atoms with Gasteiger partial charge in [0.1, 0.15) is 0 Å². The zero-order valence-electron chi connectivity index (χ0n) is 15.0. The van der Waals surface area contributed by atoms with Crippen LogP contribution in [0.2, 0.25) is 0 Å². The van der Waals surface area contributed by atoms with Gasteiger partial charge in [0, 0.05) is 43.6 Å². The second-order valence-electron chi connectivity index (χ2n) is 7.00. The first kappa shape index (κ1) is 17.2. The molecule has 0 bridgehead atoms. The maximum Gasteiger partial charge on any atom is 0.254 e. The number of benzene rings is 1. The molecule has 4 rings (SSSR count). The fourth-order valence-electron chi connectivity index (χ4n) is 4.19. The highest BCUT2D eigenvalue weighted by Crippen LogP contribution is 2.28. The Balaban J connectivity index is 1.58. The van der Waals surface area contributed by atoms with Gasteiger partial charge < -0.3 is 9.64 Å². The normalized spacial score (nSPS) is 23.9. The average molecular weight is 351 g/mol. The number of carbonyl (C=O) groups excluding carboxylic acids is 1. The van der Waals surface area contributed by atoms with E-state index in [9.17, 15) is 4.79 Å². The lowest BCUT2D eigenvalue weighted by atomic mass is 9.98. The smallest absolute Gasteiger partial charge is 0.254 e. The van der Waals surface area contributed by atoms with Crippen molar-refractivity contribution in [3.63, 3.8) is 0 Å². The average Bonchev–Trinajstić information content (AvgIpc) is 3.13. The highest BCUT2D eigenvalue weighted by molar-refractivity contribution is 5.94. The van der Waals surface area contributed by atoms with Crippen molar-refractivity contribution in [2.75, 3.05) is 32.8 Å². The Morgan fingerprint density at radius 3 is 2.50 bits per heavy atom. The number of carbonyl (C=O) groups is 1. The molecular weight excluding hydrogens is 326 g/mol. The summed E-state index contributed by atoms with van der Waals surface area (Å²) in [5.74, 6) is 0.115. The van der Waals surface area contributed by atoms with Crippen LogP contribution in [0.5, 0.6) is 0 Å². The van der Waals surface area contributed by atoms with E-state index in [4.69, 9.17) is 4.74 Å². The third kappa shape index (κ3) is 3.64. The zero-order chi connectivity index (χ0) is 17.8. The molecule has 3 heterocycles. The Labute approximate surface area is 154 Å². The molecule has 0 aliphatic carbocycles. The van der Waals surface area contributed by atoms with Gasteiger partial charge in [-0.25, -0.2) is 0 Å². The van der Waals surface area contributed by atoms with Crippen LogP contribution in [-0.4, -0.2) is 65.6 Å². The van der Waals surface area contributed by atoms with Crippen LogP contribution in [-0.2, 0) is 11.2 Å². The molecule has 0 radical (unpaired) electrons. The van der Waals surface area contributed by atoms with Crippen molar-refractivity contribution in [3.8, 4) is 0 Å². The van der Waals surface area contributed by atoms with Crippen molar-refractivity contribution < 1.29 is 9.53 Å². The molecule has 136 valence electrons. The molecule has 2 saturated heterocycles. The SMILES string of the molecule is O=C(c1ccncc1)N1CC[C@H](N2CCOCC2)[C@H]1Cc1ccccc1. The quantitative estimate of drug-likeness (QED) is 0.848. The zero-order valence-corrected chi connectivity index (χ0v) is 15.0. The van der Waals surface area contributed by atoms with Crippen molar-refractivity contribution in [3.05, 3.63) is 66.0 Å². The molecule has 5 heteroatoms. The van der Waals surface area contributed by atoms with Crippen LogP contribution >= 0.6 is 0 Å². The molecule has 0 N–H and O–H groups in total. The first-order valence-electron chi connectivity index (χ1n) is 9.39. The van der Waals surface area contributed by atoms with E-state index in [0.717, 1.165) is 51.3 Å². The molecular formula is C21H25N3O2. The summed E-state index contributed by atoms with van der Waals surface area (Å²) in [5, 5.41) is 0. The van der Waals surface area contributed by atoms with Crippen molar-refractivity contribution in [1.29, 1.82) is 0 Å². The molecule has 1 aromatic heterocycles. The molecule has 0 unspecified atom stereocenters. The van der Waals surface area contributed by atoms with Gasteiger partial charge in [0.2, 0.25) is 0 Å². The van der Waals surface area contributed by atoms with Gasteiger partial charge in [-0.05, 0) is 30.5 Å². The fourth-order valence-corrected chi connectivity index (χ4v) is 4.19. The summed E-state index contributed by atoms with van der Waals surface area (Å²) in [6.07, 6.45) is 5.29. The molecule has 2 aliphatic rings. The van der Waals surface area contributed by atoms with Gasteiger partial charge in [-0.1, -0.05) is 30.3 Å². The predicted molar refractivity (Wildman–Crippen MR) is 100 cm³/mol. The largest absolute Gasteiger partial charge is 0.379 e. The highest BCUT2D eigenvalue weighted by atomic mass is 16.5. The number of aromatic nitrogens is 1. The van der Waals surface area contributed by atoms with Gasteiger partial charge in [-0.15, -0.1) is 0 Å². The lowest BCUT2D eigenvalue weighted by Crippen LogP contribution is -2.51. The van der Waals surface area contributed by atoms with E-state index in [1.807, 2.05) is 18.2 Å². The van der Waals surface area contributed by atoms with E-state index in [-0.39, 0.29) is 11.9 Å². The number of nitrogens with zero attached hydrogens (tertiary/aromatic N) is 3. The molecule has 2 aromatic rings. The summed E-state index contributed by atoms with van der Waals surface area (Å²) < 4.78 is 5.53. The van der Waals surface area contributed by atoms with Crippen molar-refractivity contribution in [2.45, 2.75) is 24.9 Å². The standard InChI is InChI=1S/C21H25N3O2/c25-21(18-6-9-22-10-7-18)24-11-8-19(23-12-14-26-15-13-23)20(24)16-17-4-2-1-3-5-17/h1-7,9-10,19-20H,8,11-16H2/t19-,20+/m0/s1. The summed E-state index contributed by atoms with van der Waals surface area (Å²) in [7, 11) is 0. The Morgan fingerprint density at radius 2 is 1.77 bits per heavy atom. The topological polar surface area (TPSA) is 45.7 Å². The summed E-state index contributed by atoms with van der Waals surface area (Å²) in [6, 6.07) is 14.7. The lowest BCUT2D eigenvalue weighted by molar-refractivity contribution is 0.00864. The second-order valence-corrected chi connectivity index (χ2v) is 7.00. The summed E-state index contributed by atoms with van der Waals surface area (Å²) in [6.45, 7) is 4.28. The van der Waals surface area contributed by atoms with E-state index in [0.29, 0.717) is 6.04 Å². The van der Waals surface area contributed by atoms with Gasteiger partial charge in [-0.3, -0.25) is 14.7 Å². The molecule has 5 nitrogen and oxygen atoms in total. The number of rotatable bonds is 4. The van der Waals surface area contributed by atoms with E-state index in [1.165, 1.54) is 5.56 Å². The Bertz CT molecular complexity index is 717. The monoisotopic (exact) mass is 351 g/mol. The minimum atomic E-state index is 0.115. The summed E-state index contributed by atoms with van der Waals surface area (Å²) in [4.78, 5) is 21.8. The molecule has 2 fully saturated rings. The Morgan fingerprint density at radius 1 is 1.04 bits per heavy atom. The summed E-state index contributed by atoms with van der Waals surface area (Å²) >= 11 is 0. The minimum absolute atomic E-state index is 0.115. The number of likely N-dealkylation sites (tertiary alicyclic amines) is 1. The first-order chi connectivity index (χ1) is 12.8. The maximum atomic E-state index is 13.1. The predicted octanol–water partition coefficient (Wildman–Crippen LogP) is 2.24. The number of hydrogen-bond acceptors (Lipinski definition) is 4.